The third-order valence-electron chi connectivity index (χ3n) is 6.55. The number of rotatable bonds is 12. The van der Waals surface area contributed by atoms with Gasteiger partial charge in [-0.15, -0.1) is 0 Å². The van der Waals surface area contributed by atoms with E-state index in [-0.39, 0.29) is 23.3 Å². The predicted molar refractivity (Wildman–Crippen MR) is 151 cm³/mol. The lowest BCUT2D eigenvalue weighted by atomic mass is 10.0. The summed E-state index contributed by atoms with van der Waals surface area (Å²) in [5, 5.41) is 23.3. The van der Waals surface area contributed by atoms with Crippen LogP contribution < -0.4 is 15.4 Å². The van der Waals surface area contributed by atoms with Crippen LogP contribution in [0.1, 0.15) is 46.3 Å². The normalized spacial score (nSPS) is 13.1. The zero-order valence-corrected chi connectivity index (χ0v) is 23.3. The number of pyridine rings is 1. The number of nitrogens with zero attached hydrogens (tertiary/aromatic N) is 2. The number of sulfonamides is 1. The van der Waals surface area contributed by atoms with Gasteiger partial charge >= 0.3 is 5.97 Å². The molecule has 4 rings (SSSR count). The van der Waals surface area contributed by atoms with Crippen molar-refractivity contribution in [3.63, 3.8) is 0 Å². The average molecular weight is 565 g/mol. The average Bonchev–Trinajstić information content (AvgIpc) is 3.37. The van der Waals surface area contributed by atoms with Crippen molar-refractivity contribution in [2.24, 2.45) is 0 Å². The largest absolute Gasteiger partial charge is 0.478 e. The van der Waals surface area contributed by atoms with Crippen molar-refractivity contribution in [1.82, 2.24) is 25.2 Å². The molecule has 40 heavy (non-hydrogen) atoms. The number of aliphatic carboxylic acids is 1. The highest BCUT2D eigenvalue weighted by Crippen LogP contribution is 2.25. The minimum Gasteiger partial charge on any atom is -0.478 e. The Morgan fingerprint density at radius 1 is 1.02 bits per heavy atom. The first-order valence-corrected chi connectivity index (χ1v) is 14.3. The number of benzene rings is 2. The first-order chi connectivity index (χ1) is 19.0. The van der Waals surface area contributed by atoms with Gasteiger partial charge < -0.3 is 15.7 Å². The standard InChI is InChI=1S/C28H32N6O5S/c1-18-15-19(2)25(20(3)16-18)40(38,39)34-28(27(36)37,12-5-7-14-30-24-11-4-6-13-29-24)32-26(35)21-9-8-10-23-22(21)17-31-33-23/h4,6,8-11,13,15-17,34H,5,7,12,14H2,1-3H3,(H,29,30)(H,31,33)(H,32,35)(H,36,37). The molecule has 11 nitrogen and oxygen atoms in total. The number of nitrogens with one attached hydrogen (secondary N) is 4. The molecule has 5 N–H and O–H groups in total. The van der Waals surface area contributed by atoms with Crippen molar-refractivity contribution >= 4 is 38.6 Å². The zero-order valence-electron chi connectivity index (χ0n) is 22.5. The zero-order chi connectivity index (χ0) is 28.9. The minimum atomic E-state index is -4.38. The lowest BCUT2D eigenvalue weighted by Gasteiger charge is -2.32. The summed E-state index contributed by atoms with van der Waals surface area (Å²) in [6.45, 7) is 5.62. The van der Waals surface area contributed by atoms with Crippen molar-refractivity contribution < 1.29 is 23.1 Å². The highest BCUT2D eigenvalue weighted by Gasteiger charge is 2.44. The molecule has 210 valence electrons. The van der Waals surface area contributed by atoms with E-state index < -0.39 is 27.6 Å². The van der Waals surface area contributed by atoms with Gasteiger partial charge in [-0.3, -0.25) is 9.89 Å². The molecule has 4 aromatic rings. The molecule has 2 heterocycles. The number of H-pyrrole nitrogens is 1. The first kappa shape index (κ1) is 28.7. The van der Waals surface area contributed by atoms with Gasteiger partial charge in [0.15, 0.2) is 0 Å². The fourth-order valence-corrected chi connectivity index (χ4v) is 6.61. The molecule has 0 aliphatic heterocycles. The summed E-state index contributed by atoms with van der Waals surface area (Å²) < 4.78 is 29.8. The summed E-state index contributed by atoms with van der Waals surface area (Å²) in [5.41, 5.74) is 0.240. The molecule has 1 amide bonds. The molecular formula is C28H32N6O5S. The number of unbranched alkanes of at least 4 members (excludes halogenated alkanes) is 1. The molecule has 0 saturated carbocycles. The maximum atomic E-state index is 13.7. The Balaban J connectivity index is 1.64. The van der Waals surface area contributed by atoms with Crippen molar-refractivity contribution in [3.8, 4) is 0 Å². The number of amides is 1. The molecule has 0 spiro atoms. The molecule has 0 saturated heterocycles. The fraction of sp³-hybridized carbons (Fsp3) is 0.286. The van der Waals surface area contributed by atoms with Gasteiger partial charge in [-0.25, -0.2) is 18.2 Å². The Morgan fingerprint density at radius 3 is 2.45 bits per heavy atom. The van der Waals surface area contributed by atoms with E-state index in [9.17, 15) is 23.1 Å². The Morgan fingerprint density at radius 2 is 1.77 bits per heavy atom. The van der Waals surface area contributed by atoms with Crippen molar-refractivity contribution in [1.29, 1.82) is 0 Å². The maximum absolute atomic E-state index is 13.7. The molecule has 0 aliphatic rings. The molecule has 2 aromatic heterocycles. The second-order valence-corrected chi connectivity index (χ2v) is 11.4. The number of aromatic amines is 1. The van der Waals surface area contributed by atoms with Gasteiger partial charge in [0.05, 0.1) is 22.2 Å². The Kier molecular flexibility index (Phi) is 8.50. The third kappa shape index (κ3) is 6.29. The van der Waals surface area contributed by atoms with Gasteiger partial charge in [0.1, 0.15) is 5.82 Å². The molecular weight excluding hydrogens is 532 g/mol. The van der Waals surface area contributed by atoms with Gasteiger partial charge in [-0.1, -0.05) is 29.8 Å². The molecule has 0 aliphatic carbocycles. The number of carboxylic acids is 1. The molecule has 0 bridgehead atoms. The number of hydrogen-bond acceptors (Lipinski definition) is 7. The summed E-state index contributed by atoms with van der Waals surface area (Å²) in [4.78, 5) is 30.5. The quantitative estimate of drug-likeness (QED) is 0.128. The third-order valence-corrected chi connectivity index (χ3v) is 8.35. The van der Waals surface area contributed by atoms with Crippen molar-refractivity contribution in [2.45, 2.75) is 50.6 Å². The number of fused-ring (bicyclic) bond motifs is 1. The summed E-state index contributed by atoms with van der Waals surface area (Å²) in [6, 6.07) is 13.7. The molecule has 1 atom stereocenters. The highest BCUT2D eigenvalue weighted by molar-refractivity contribution is 7.89. The first-order valence-electron chi connectivity index (χ1n) is 12.8. The number of anilines is 1. The Labute approximate surface area is 232 Å². The second kappa shape index (κ2) is 11.8. The van der Waals surface area contributed by atoms with E-state index >= 15 is 0 Å². The van der Waals surface area contributed by atoms with Crippen molar-refractivity contribution in [2.75, 3.05) is 11.9 Å². The van der Waals surface area contributed by atoms with Crippen LogP contribution in [0.25, 0.3) is 10.9 Å². The minimum absolute atomic E-state index is 0.0215. The van der Waals surface area contributed by atoms with E-state index in [2.05, 4.69) is 30.5 Å². The van der Waals surface area contributed by atoms with E-state index in [1.807, 2.05) is 13.0 Å². The van der Waals surface area contributed by atoms with E-state index in [0.29, 0.717) is 40.8 Å². The lowest BCUT2D eigenvalue weighted by Crippen LogP contribution is -2.65. The number of carboxylic acid groups (broad SMARTS) is 1. The maximum Gasteiger partial charge on any atom is 0.345 e. The molecule has 1 unspecified atom stereocenters. The molecule has 0 radical (unpaired) electrons. The van der Waals surface area contributed by atoms with Crippen LogP contribution in [-0.2, 0) is 14.8 Å². The smallest absolute Gasteiger partial charge is 0.345 e. The second-order valence-electron chi connectivity index (χ2n) is 9.73. The molecule has 0 fully saturated rings. The number of aromatic nitrogens is 3. The van der Waals surface area contributed by atoms with Crippen LogP contribution in [0.3, 0.4) is 0 Å². The summed E-state index contributed by atoms with van der Waals surface area (Å²) >= 11 is 0. The van der Waals surface area contributed by atoms with Crippen LogP contribution in [-0.4, -0.2) is 52.8 Å². The van der Waals surface area contributed by atoms with Gasteiger partial charge in [-0.2, -0.15) is 9.82 Å². The lowest BCUT2D eigenvalue weighted by molar-refractivity contribution is -0.145. The van der Waals surface area contributed by atoms with Crippen LogP contribution in [0.4, 0.5) is 5.82 Å². The van der Waals surface area contributed by atoms with E-state index in [1.54, 1.807) is 56.4 Å². The highest BCUT2D eigenvalue weighted by atomic mass is 32.2. The summed E-state index contributed by atoms with van der Waals surface area (Å²) in [5.74, 6) is -1.61. The molecule has 12 heteroatoms. The number of hydrogen-bond donors (Lipinski definition) is 5. The number of carbonyl (C=O) groups excluding carboxylic acids is 1. The Hall–Kier alpha value is -4.29. The predicted octanol–water partition coefficient (Wildman–Crippen LogP) is 3.65. The summed E-state index contributed by atoms with van der Waals surface area (Å²) in [7, 11) is -4.38. The van der Waals surface area contributed by atoms with Gasteiger partial charge in [0.25, 0.3) is 5.91 Å². The van der Waals surface area contributed by atoms with Crippen LogP contribution in [0, 0.1) is 20.8 Å². The van der Waals surface area contributed by atoms with Crippen LogP contribution in [0.15, 0.2) is 65.8 Å². The molecule has 2 aromatic carbocycles. The topological polar surface area (TPSA) is 166 Å². The number of aryl methyl sites for hydroxylation is 3. The van der Waals surface area contributed by atoms with Crippen molar-refractivity contribution in [3.05, 3.63) is 83.2 Å². The van der Waals surface area contributed by atoms with Crippen LogP contribution in [0.5, 0.6) is 0 Å². The summed E-state index contributed by atoms with van der Waals surface area (Å²) in [6.07, 6.45) is 3.67. The van der Waals surface area contributed by atoms with Crippen LogP contribution >= 0.6 is 0 Å². The van der Waals surface area contributed by atoms with E-state index in [1.165, 1.54) is 12.3 Å². The van der Waals surface area contributed by atoms with E-state index in [4.69, 9.17) is 0 Å². The van der Waals surface area contributed by atoms with Gasteiger partial charge in [-0.05, 0) is 75.4 Å². The Bertz CT molecular complexity index is 1610. The van der Waals surface area contributed by atoms with Crippen LogP contribution in [0.2, 0.25) is 0 Å². The SMILES string of the molecule is Cc1cc(C)c(S(=O)(=O)NC(CCCCNc2ccccn2)(NC(=O)c2cccc3[nH]ncc23)C(=O)O)c(C)c1. The van der Waals surface area contributed by atoms with E-state index in [0.717, 1.165) is 5.56 Å². The monoisotopic (exact) mass is 564 g/mol. The number of carbonyl (C=O) groups is 2. The van der Waals surface area contributed by atoms with Gasteiger partial charge in [0.2, 0.25) is 15.7 Å². The fourth-order valence-electron chi connectivity index (χ4n) is 4.84. The van der Waals surface area contributed by atoms with Gasteiger partial charge in [0, 0.05) is 18.1 Å².